The third-order valence-electron chi connectivity index (χ3n) is 7.37. The van der Waals surface area contributed by atoms with Crippen molar-refractivity contribution in [3.05, 3.63) is 81.6 Å². The second-order valence-corrected chi connectivity index (χ2v) is 10.8. The monoisotopic (exact) mass is 557 g/mol. The van der Waals surface area contributed by atoms with Gasteiger partial charge in [-0.25, -0.2) is 4.39 Å². The second kappa shape index (κ2) is 11.0. The van der Waals surface area contributed by atoms with Crippen LogP contribution in [0.3, 0.4) is 0 Å². The maximum Gasteiger partial charge on any atom is 0.227 e. The van der Waals surface area contributed by atoms with E-state index in [1.807, 2.05) is 35.2 Å². The molecule has 2 heterocycles. The van der Waals surface area contributed by atoms with Crippen LogP contribution in [0.5, 0.6) is 11.5 Å². The number of anilines is 2. The Morgan fingerprint density at radius 2 is 1.76 bits per heavy atom. The number of carbonyl (C=O) groups excluding carboxylic acids is 1. The summed E-state index contributed by atoms with van der Waals surface area (Å²) in [6.07, 6.45) is 2.21. The Hall–Kier alpha value is -3.00. The standard InChI is InChI=1S/C29H30Cl2FN3O3/c1-37-21-5-2-19(3-6-21)17-35-27(36)11-7-22-26(10-8-23(31)28(22)35)38-18-29(33)12-14-34(15-13-29)25-9-4-20(30)16-24(25)32/h2-6,8-10,16H,7,11-15,17-18,33H2,1H3. The predicted octanol–water partition coefficient (Wildman–Crippen LogP) is 6.00. The molecule has 6 nitrogen and oxygen atoms in total. The van der Waals surface area contributed by atoms with Gasteiger partial charge in [-0.05, 0) is 67.3 Å². The fourth-order valence-corrected chi connectivity index (χ4v) is 5.56. The molecule has 0 atom stereocenters. The van der Waals surface area contributed by atoms with E-state index in [1.54, 1.807) is 30.2 Å². The highest BCUT2D eigenvalue weighted by Gasteiger charge is 2.34. The van der Waals surface area contributed by atoms with Crippen LogP contribution < -0.4 is 25.0 Å². The van der Waals surface area contributed by atoms with Crippen LogP contribution in [0.2, 0.25) is 10.0 Å². The number of halogens is 3. The summed E-state index contributed by atoms with van der Waals surface area (Å²) in [4.78, 5) is 16.7. The highest BCUT2D eigenvalue weighted by Crippen LogP contribution is 2.41. The number of nitrogens with two attached hydrogens (primary N) is 1. The number of rotatable bonds is 7. The van der Waals surface area contributed by atoms with Crippen molar-refractivity contribution in [2.24, 2.45) is 5.73 Å². The molecular formula is C29H30Cl2FN3O3. The van der Waals surface area contributed by atoms with E-state index in [0.717, 1.165) is 16.9 Å². The van der Waals surface area contributed by atoms with Crippen molar-refractivity contribution in [2.75, 3.05) is 36.6 Å². The van der Waals surface area contributed by atoms with Crippen molar-refractivity contribution >= 4 is 40.5 Å². The Morgan fingerprint density at radius 1 is 1.03 bits per heavy atom. The van der Waals surface area contributed by atoms with E-state index < -0.39 is 5.54 Å². The first-order valence-corrected chi connectivity index (χ1v) is 13.4. The van der Waals surface area contributed by atoms with Gasteiger partial charge in [0, 0.05) is 30.1 Å². The lowest BCUT2D eigenvalue weighted by Gasteiger charge is -2.40. The van der Waals surface area contributed by atoms with Gasteiger partial charge in [-0.15, -0.1) is 0 Å². The maximum absolute atomic E-state index is 14.4. The smallest absolute Gasteiger partial charge is 0.227 e. The van der Waals surface area contributed by atoms with Crippen LogP contribution in [0.1, 0.15) is 30.4 Å². The largest absolute Gasteiger partial charge is 0.497 e. The fourth-order valence-electron chi connectivity index (χ4n) is 5.13. The molecule has 0 saturated carbocycles. The molecule has 38 heavy (non-hydrogen) atoms. The van der Waals surface area contributed by atoms with Crippen molar-refractivity contribution in [1.29, 1.82) is 0 Å². The molecule has 0 aromatic heterocycles. The number of amides is 1. The zero-order valence-corrected chi connectivity index (χ0v) is 22.7. The quantitative estimate of drug-likeness (QED) is 0.386. The van der Waals surface area contributed by atoms with Gasteiger partial charge >= 0.3 is 0 Å². The van der Waals surface area contributed by atoms with Gasteiger partial charge < -0.3 is 25.0 Å². The number of fused-ring (bicyclic) bond motifs is 1. The van der Waals surface area contributed by atoms with Gasteiger partial charge in [-0.3, -0.25) is 4.79 Å². The average molecular weight is 558 g/mol. The summed E-state index contributed by atoms with van der Waals surface area (Å²) in [6.45, 7) is 1.93. The van der Waals surface area contributed by atoms with Gasteiger partial charge in [0.1, 0.15) is 23.9 Å². The number of piperidine rings is 1. The van der Waals surface area contributed by atoms with Crippen molar-refractivity contribution in [3.63, 3.8) is 0 Å². The van der Waals surface area contributed by atoms with Crippen LogP contribution in [0, 0.1) is 5.82 Å². The molecule has 3 aromatic rings. The number of benzene rings is 3. The number of hydrogen-bond donors (Lipinski definition) is 1. The summed E-state index contributed by atoms with van der Waals surface area (Å²) >= 11 is 12.5. The van der Waals surface area contributed by atoms with E-state index >= 15 is 0 Å². The molecule has 0 spiro atoms. The molecule has 1 amide bonds. The third kappa shape index (κ3) is 5.55. The number of nitrogens with zero attached hydrogens (tertiary/aromatic N) is 2. The molecule has 200 valence electrons. The Bertz CT molecular complexity index is 1330. The van der Waals surface area contributed by atoms with Crippen LogP contribution >= 0.6 is 23.2 Å². The minimum Gasteiger partial charge on any atom is -0.497 e. The normalized spacial score (nSPS) is 16.8. The summed E-state index contributed by atoms with van der Waals surface area (Å²) in [5, 5.41) is 0.884. The highest BCUT2D eigenvalue weighted by atomic mass is 35.5. The van der Waals surface area contributed by atoms with E-state index in [9.17, 15) is 9.18 Å². The van der Waals surface area contributed by atoms with Gasteiger partial charge in [-0.1, -0.05) is 35.3 Å². The predicted molar refractivity (Wildman–Crippen MR) is 149 cm³/mol. The molecule has 0 unspecified atom stereocenters. The lowest BCUT2D eigenvalue weighted by atomic mass is 9.89. The van der Waals surface area contributed by atoms with Crippen molar-refractivity contribution < 1.29 is 18.7 Å². The molecule has 2 N–H and O–H groups in total. The molecule has 0 aliphatic carbocycles. The first kappa shape index (κ1) is 26.6. The first-order valence-electron chi connectivity index (χ1n) is 12.6. The van der Waals surface area contributed by atoms with E-state index in [2.05, 4.69) is 0 Å². The molecule has 0 radical (unpaired) electrons. The van der Waals surface area contributed by atoms with E-state index in [1.165, 1.54) is 6.07 Å². The van der Waals surface area contributed by atoms with Gasteiger partial charge in [0.15, 0.2) is 0 Å². The number of hydrogen-bond acceptors (Lipinski definition) is 5. The Kier molecular flexibility index (Phi) is 7.70. The highest BCUT2D eigenvalue weighted by molar-refractivity contribution is 6.34. The van der Waals surface area contributed by atoms with Gasteiger partial charge in [0.25, 0.3) is 0 Å². The minimum atomic E-state index is -0.556. The second-order valence-electron chi connectivity index (χ2n) is 9.93. The first-order chi connectivity index (χ1) is 18.3. The summed E-state index contributed by atoms with van der Waals surface area (Å²) in [7, 11) is 1.62. The Morgan fingerprint density at radius 3 is 2.45 bits per heavy atom. The topological polar surface area (TPSA) is 68.0 Å². The summed E-state index contributed by atoms with van der Waals surface area (Å²) in [6, 6.07) is 16.0. The molecule has 0 bridgehead atoms. The zero-order valence-electron chi connectivity index (χ0n) is 21.2. The van der Waals surface area contributed by atoms with Crippen LogP contribution in [0.15, 0.2) is 54.6 Å². The number of ether oxygens (including phenoxy) is 2. The third-order valence-corrected chi connectivity index (χ3v) is 7.91. The lowest BCUT2D eigenvalue weighted by molar-refractivity contribution is -0.119. The molecule has 3 aromatic carbocycles. The van der Waals surface area contributed by atoms with Gasteiger partial charge in [-0.2, -0.15) is 0 Å². The van der Waals surface area contributed by atoms with E-state index in [0.29, 0.717) is 79.1 Å². The van der Waals surface area contributed by atoms with Gasteiger partial charge in [0.2, 0.25) is 5.91 Å². The Balaban J connectivity index is 1.29. The molecular weight excluding hydrogens is 528 g/mol. The fraction of sp³-hybridized carbons (Fsp3) is 0.345. The SMILES string of the molecule is COc1ccc(CN2C(=O)CCc3c(OCC4(N)CCN(c5ccc(Cl)cc5F)CC4)ccc(Cl)c32)cc1. The summed E-state index contributed by atoms with van der Waals surface area (Å²) in [5.74, 6) is 1.13. The Labute approximate surface area is 232 Å². The molecule has 5 rings (SSSR count). The molecule has 9 heteroatoms. The van der Waals surface area contributed by atoms with Crippen LogP contribution in [-0.2, 0) is 17.8 Å². The van der Waals surface area contributed by atoms with Crippen molar-refractivity contribution in [1.82, 2.24) is 0 Å². The van der Waals surface area contributed by atoms with E-state index in [4.69, 9.17) is 38.4 Å². The minimum absolute atomic E-state index is 0.0180. The lowest BCUT2D eigenvalue weighted by Crippen LogP contribution is -2.54. The van der Waals surface area contributed by atoms with Crippen LogP contribution in [0.25, 0.3) is 0 Å². The average Bonchev–Trinajstić information content (AvgIpc) is 2.91. The number of carbonyl (C=O) groups is 1. The number of methoxy groups -OCH3 is 1. The summed E-state index contributed by atoms with van der Waals surface area (Å²) < 4.78 is 25.9. The maximum atomic E-state index is 14.4. The molecule has 1 fully saturated rings. The zero-order chi connectivity index (χ0) is 26.9. The van der Waals surface area contributed by atoms with Crippen LogP contribution in [-0.4, -0.2) is 38.3 Å². The molecule has 2 aliphatic heterocycles. The molecule has 2 aliphatic rings. The molecule has 1 saturated heterocycles. The summed E-state index contributed by atoms with van der Waals surface area (Å²) in [5.41, 5.74) is 9.27. The van der Waals surface area contributed by atoms with Crippen molar-refractivity contribution in [3.8, 4) is 11.5 Å². The van der Waals surface area contributed by atoms with E-state index in [-0.39, 0.29) is 11.7 Å². The van der Waals surface area contributed by atoms with Gasteiger partial charge in [0.05, 0.1) is 35.6 Å². The van der Waals surface area contributed by atoms with Crippen LogP contribution in [0.4, 0.5) is 15.8 Å². The van der Waals surface area contributed by atoms with Crippen molar-refractivity contribution in [2.45, 2.75) is 37.8 Å².